The Labute approximate surface area is 113 Å². The summed E-state index contributed by atoms with van der Waals surface area (Å²) in [5, 5.41) is 13.0. The minimum absolute atomic E-state index is 0.246. The molecule has 0 aromatic rings. The van der Waals surface area contributed by atoms with E-state index >= 15 is 0 Å². The van der Waals surface area contributed by atoms with Crippen LogP contribution in [0.2, 0.25) is 0 Å². The van der Waals surface area contributed by atoms with E-state index in [-0.39, 0.29) is 5.92 Å². The Hall–Kier alpha value is -0.550. The van der Waals surface area contributed by atoms with Gasteiger partial charge < -0.3 is 5.32 Å². The molecule has 0 aromatic heterocycles. The van der Waals surface area contributed by atoms with E-state index in [1.54, 1.807) is 0 Å². The van der Waals surface area contributed by atoms with Crippen LogP contribution in [0.15, 0.2) is 0 Å². The molecule has 18 heavy (non-hydrogen) atoms. The van der Waals surface area contributed by atoms with Gasteiger partial charge in [0.25, 0.3) is 0 Å². The highest BCUT2D eigenvalue weighted by Gasteiger charge is 2.23. The maximum atomic E-state index is 9.26. The molecule has 0 amide bonds. The summed E-state index contributed by atoms with van der Waals surface area (Å²) in [5.74, 6) is 1.05. The predicted molar refractivity (Wildman–Crippen MR) is 77.3 cm³/mol. The summed E-state index contributed by atoms with van der Waals surface area (Å²) in [6, 6.07) is 2.97. The molecule has 0 heterocycles. The minimum atomic E-state index is 0.246. The van der Waals surface area contributed by atoms with Crippen molar-refractivity contribution in [1.29, 1.82) is 5.26 Å². The highest BCUT2D eigenvalue weighted by Crippen LogP contribution is 2.23. The molecular weight excluding hydrogens is 220 g/mol. The van der Waals surface area contributed by atoms with Gasteiger partial charge in [0.2, 0.25) is 0 Å². The summed E-state index contributed by atoms with van der Waals surface area (Å²) in [6.07, 6.45) is 11.4. The van der Waals surface area contributed by atoms with E-state index in [2.05, 4.69) is 25.2 Å². The smallest absolute Gasteiger partial charge is 0.0672 e. The fourth-order valence-corrected chi connectivity index (χ4v) is 2.97. The van der Waals surface area contributed by atoms with Crippen molar-refractivity contribution in [3.05, 3.63) is 0 Å². The lowest BCUT2D eigenvalue weighted by atomic mass is 9.94. The van der Waals surface area contributed by atoms with Gasteiger partial charge in [0, 0.05) is 6.04 Å². The molecule has 0 saturated heterocycles. The molecule has 2 heteroatoms. The number of hydrogen-bond acceptors (Lipinski definition) is 2. The Morgan fingerprint density at radius 2 is 2.00 bits per heavy atom. The summed E-state index contributed by atoms with van der Waals surface area (Å²) < 4.78 is 0. The van der Waals surface area contributed by atoms with Crippen LogP contribution >= 0.6 is 0 Å². The lowest BCUT2D eigenvalue weighted by Gasteiger charge is -2.24. The Morgan fingerprint density at radius 1 is 1.22 bits per heavy atom. The molecule has 2 nitrogen and oxygen atoms in total. The zero-order chi connectivity index (χ0) is 13.2. The third-order valence-corrected chi connectivity index (χ3v) is 4.39. The second-order valence-corrected chi connectivity index (χ2v) is 5.80. The number of nitrogens with one attached hydrogen (secondary N) is 1. The van der Waals surface area contributed by atoms with Crippen LogP contribution in [0, 0.1) is 23.2 Å². The fourth-order valence-electron chi connectivity index (χ4n) is 2.97. The van der Waals surface area contributed by atoms with Crippen molar-refractivity contribution in [3.63, 3.8) is 0 Å². The average Bonchev–Trinajstić information content (AvgIpc) is 2.64. The zero-order valence-corrected chi connectivity index (χ0v) is 12.3. The third-order valence-electron chi connectivity index (χ3n) is 4.39. The van der Waals surface area contributed by atoms with Crippen molar-refractivity contribution < 1.29 is 0 Å². The maximum Gasteiger partial charge on any atom is 0.0672 e. The monoisotopic (exact) mass is 250 g/mol. The maximum absolute atomic E-state index is 9.26. The van der Waals surface area contributed by atoms with Crippen LogP contribution < -0.4 is 5.32 Å². The molecule has 0 aromatic carbocycles. The van der Waals surface area contributed by atoms with Crippen LogP contribution in [-0.4, -0.2) is 12.6 Å². The molecule has 0 bridgehead atoms. The largest absolute Gasteiger partial charge is 0.312 e. The SMILES string of the molecule is CCCCC(CC)CNC1CCCCCC1C#N. The molecule has 1 aliphatic carbocycles. The summed E-state index contributed by atoms with van der Waals surface area (Å²) in [5.41, 5.74) is 0. The second kappa shape index (κ2) is 9.39. The first-order chi connectivity index (χ1) is 8.81. The first-order valence-electron chi connectivity index (χ1n) is 7.94. The van der Waals surface area contributed by atoms with Gasteiger partial charge >= 0.3 is 0 Å². The Balaban J connectivity index is 2.36. The van der Waals surface area contributed by atoms with E-state index in [0.29, 0.717) is 6.04 Å². The topological polar surface area (TPSA) is 35.8 Å². The van der Waals surface area contributed by atoms with Gasteiger partial charge in [-0.25, -0.2) is 0 Å². The van der Waals surface area contributed by atoms with E-state index in [4.69, 9.17) is 0 Å². The van der Waals surface area contributed by atoms with Gasteiger partial charge in [-0.15, -0.1) is 0 Å². The lowest BCUT2D eigenvalue weighted by Crippen LogP contribution is -2.38. The first kappa shape index (κ1) is 15.5. The Bertz CT molecular complexity index is 244. The zero-order valence-electron chi connectivity index (χ0n) is 12.3. The van der Waals surface area contributed by atoms with Gasteiger partial charge in [0.1, 0.15) is 0 Å². The van der Waals surface area contributed by atoms with Crippen molar-refractivity contribution >= 4 is 0 Å². The van der Waals surface area contributed by atoms with Crippen molar-refractivity contribution in [1.82, 2.24) is 5.32 Å². The highest BCUT2D eigenvalue weighted by molar-refractivity contribution is 4.93. The van der Waals surface area contributed by atoms with Crippen LogP contribution in [0.3, 0.4) is 0 Å². The van der Waals surface area contributed by atoms with E-state index < -0.39 is 0 Å². The third kappa shape index (κ3) is 5.40. The van der Waals surface area contributed by atoms with Gasteiger partial charge in [-0.05, 0) is 31.7 Å². The van der Waals surface area contributed by atoms with E-state index in [1.807, 2.05) is 0 Å². The van der Waals surface area contributed by atoms with E-state index in [9.17, 15) is 5.26 Å². The van der Waals surface area contributed by atoms with E-state index in [0.717, 1.165) is 18.9 Å². The second-order valence-electron chi connectivity index (χ2n) is 5.80. The standard InChI is InChI=1S/C16H30N2/c1-3-5-9-14(4-2)13-18-16-11-8-6-7-10-15(16)12-17/h14-16,18H,3-11,13H2,1-2H3. The highest BCUT2D eigenvalue weighted by atomic mass is 14.9. The number of nitrogens with zero attached hydrogens (tertiary/aromatic N) is 1. The summed E-state index contributed by atoms with van der Waals surface area (Å²) in [7, 11) is 0. The van der Waals surface area contributed by atoms with Crippen LogP contribution in [0.1, 0.15) is 71.6 Å². The number of hydrogen-bond donors (Lipinski definition) is 1. The van der Waals surface area contributed by atoms with Crippen molar-refractivity contribution in [3.8, 4) is 6.07 Å². The molecule has 1 rings (SSSR count). The van der Waals surface area contributed by atoms with Gasteiger partial charge in [-0.3, -0.25) is 0 Å². The number of nitriles is 1. The first-order valence-corrected chi connectivity index (χ1v) is 7.94. The predicted octanol–water partition coefficient (Wildman–Crippen LogP) is 4.26. The molecule has 1 saturated carbocycles. The van der Waals surface area contributed by atoms with Gasteiger partial charge in [0.05, 0.1) is 12.0 Å². The van der Waals surface area contributed by atoms with Crippen LogP contribution in [0.5, 0.6) is 0 Å². The molecule has 3 atom stereocenters. The van der Waals surface area contributed by atoms with Gasteiger partial charge in [0.15, 0.2) is 0 Å². The molecule has 0 aliphatic heterocycles. The number of unbranched alkanes of at least 4 members (excludes halogenated alkanes) is 1. The molecular formula is C16H30N2. The molecule has 3 unspecified atom stereocenters. The van der Waals surface area contributed by atoms with Crippen molar-refractivity contribution in [2.45, 2.75) is 77.7 Å². The molecule has 104 valence electrons. The molecule has 1 aliphatic rings. The quantitative estimate of drug-likeness (QED) is 0.685. The van der Waals surface area contributed by atoms with Crippen molar-refractivity contribution in [2.24, 2.45) is 11.8 Å². The fraction of sp³-hybridized carbons (Fsp3) is 0.938. The molecule has 1 N–H and O–H groups in total. The summed E-state index contributed by atoms with van der Waals surface area (Å²) in [4.78, 5) is 0. The average molecular weight is 250 g/mol. The minimum Gasteiger partial charge on any atom is -0.312 e. The molecule has 0 radical (unpaired) electrons. The van der Waals surface area contributed by atoms with Gasteiger partial charge in [-0.1, -0.05) is 52.4 Å². The van der Waals surface area contributed by atoms with Gasteiger partial charge in [-0.2, -0.15) is 5.26 Å². The number of rotatable bonds is 7. The lowest BCUT2D eigenvalue weighted by molar-refractivity contribution is 0.340. The molecule has 0 spiro atoms. The van der Waals surface area contributed by atoms with E-state index in [1.165, 1.54) is 51.4 Å². The van der Waals surface area contributed by atoms with Crippen LogP contribution in [0.4, 0.5) is 0 Å². The van der Waals surface area contributed by atoms with Crippen molar-refractivity contribution in [2.75, 3.05) is 6.54 Å². The summed E-state index contributed by atoms with van der Waals surface area (Å²) >= 11 is 0. The Kier molecular flexibility index (Phi) is 8.09. The summed E-state index contributed by atoms with van der Waals surface area (Å²) in [6.45, 7) is 5.66. The van der Waals surface area contributed by atoms with Crippen LogP contribution in [-0.2, 0) is 0 Å². The Morgan fingerprint density at radius 3 is 2.67 bits per heavy atom. The van der Waals surface area contributed by atoms with Crippen LogP contribution in [0.25, 0.3) is 0 Å². The normalized spacial score (nSPS) is 26.3. The molecule has 1 fully saturated rings.